The Morgan fingerprint density at radius 1 is 1.17 bits per heavy atom. The van der Waals surface area contributed by atoms with Crippen LogP contribution in [0.25, 0.3) is 0 Å². The quantitative estimate of drug-likeness (QED) is 0.709. The number of hydrogen-bond acceptors (Lipinski definition) is 6. The van der Waals surface area contributed by atoms with Crippen molar-refractivity contribution in [1.29, 1.82) is 0 Å². The van der Waals surface area contributed by atoms with Crippen molar-refractivity contribution in [1.82, 2.24) is 14.8 Å². The predicted molar refractivity (Wildman–Crippen MR) is 103 cm³/mol. The number of aryl methyl sites for hydroxylation is 1. The lowest BCUT2D eigenvalue weighted by Crippen LogP contribution is -2.51. The fourth-order valence-corrected chi connectivity index (χ4v) is 3.39. The van der Waals surface area contributed by atoms with E-state index in [1.54, 1.807) is 35.4 Å². The summed E-state index contributed by atoms with van der Waals surface area (Å²) >= 11 is 0. The lowest BCUT2D eigenvalue weighted by Gasteiger charge is -2.33. The Balaban J connectivity index is 1.34. The Morgan fingerprint density at radius 3 is 2.55 bits per heavy atom. The third-order valence-electron chi connectivity index (χ3n) is 4.98. The zero-order valence-corrected chi connectivity index (χ0v) is 16.0. The van der Waals surface area contributed by atoms with E-state index < -0.39 is 11.8 Å². The Kier molecular flexibility index (Phi) is 5.26. The molecule has 3 amide bonds. The molecular weight excluding hydrogens is 374 g/mol. The van der Waals surface area contributed by atoms with Crippen LogP contribution in [-0.4, -0.2) is 71.5 Å². The second-order valence-corrected chi connectivity index (χ2v) is 7.02. The van der Waals surface area contributed by atoms with Crippen molar-refractivity contribution in [3.8, 4) is 5.75 Å². The van der Waals surface area contributed by atoms with Crippen molar-refractivity contribution in [2.24, 2.45) is 0 Å². The number of rotatable bonds is 5. The maximum Gasteiger partial charge on any atom is 0.262 e. The number of benzene rings is 1. The molecule has 3 heterocycles. The predicted octanol–water partition coefficient (Wildman–Crippen LogP) is 1.29. The van der Waals surface area contributed by atoms with Crippen LogP contribution in [0.1, 0.15) is 26.4 Å². The molecule has 1 unspecified atom stereocenters. The molecule has 4 rings (SSSR count). The first-order valence-corrected chi connectivity index (χ1v) is 9.43. The Labute approximate surface area is 168 Å². The molecule has 8 nitrogen and oxygen atoms in total. The topological polar surface area (TPSA) is 89.0 Å². The average molecular weight is 395 g/mol. The summed E-state index contributed by atoms with van der Waals surface area (Å²) in [6, 6.07) is 10.3. The number of hydrogen-bond donors (Lipinski definition) is 0. The number of imide groups is 1. The van der Waals surface area contributed by atoms with Gasteiger partial charge in [-0.25, -0.2) is 0 Å². The first-order valence-electron chi connectivity index (χ1n) is 9.43. The minimum atomic E-state index is -0.432. The van der Waals surface area contributed by atoms with Gasteiger partial charge in [-0.2, -0.15) is 0 Å². The molecule has 1 aromatic heterocycles. The molecule has 2 aliphatic rings. The maximum absolute atomic E-state index is 12.7. The van der Waals surface area contributed by atoms with Crippen molar-refractivity contribution in [2.45, 2.75) is 13.0 Å². The fourth-order valence-electron chi connectivity index (χ4n) is 3.39. The lowest BCUT2D eigenvalue weighted by molar-refractivity contribution is -0.140. The van der Waals surface area contributed by atoms with E-state index in [2.05, 4.69) is 4.98 Å². The number of pyridine rings is 1. The molecule has 8 heteroatoms. The van der Waals surface area contributed by atoms with Crippen LogP contribution in [0.3, 0.4) is 0 Å². The monoisotopic (exact) mass is 395 g/mol. The van der Waals surface area contributed by atoms with E-state index in [0.29, 0.717) is 36.6 Å². The first kappa shape index (κ1) is 19.1. The zero-order valence-electron chi connectivity index (χ0n) is 16.0. The SMILES string of the molecule is Cc1ccc(OCC2CN(C(=O)CN3C(=O)c4ccccc4C3=O)CCO2)cn1. The van der Waals surface area contributed by atoms with Crippen LogP contribution in [0.4, 0.5) is 0 Å². The van der Waals surface area contributed by atoms with E-state index >= 15 is 0 Å². The van der Waals surface area contributed by atoms with Crippen molar-refractivity contribution in [3.63, 3.8) is 0 Å². The molecule has 0 bridgehead atoms. The van der Waals surface area contributed by atoms with Crippen LogP contribution >= 0.6 is 0 Å². The number of carbonyl (C=O) groups excluding carboxylic acids is 3. The van der Waals surface area contributed by atoms with Gasteiger partial charge in [-0.15, -0.1) is 0 Å². The molecule has 0 aliphatic carbocycles. The van der Waals surface area contributed by atoms with E-state index in [1.807, 2.05) is 19.1 Å². The summed E-state index contributed by atoms with van der Waals surface area (Å²) in [7, 11) is 0. The second-order valence-electron chi connectivity index (χ2n) is 7.02. The smallest absolute Gasteiger partial charge is 0.262 e. The molecule has 0 spiro atoms. The summed E-state index contributed by atoms with van der Waals surface area (Å²) in [4.78, 5) is 44.4. The Hall–Kier alpha value is -3.26. The average Bonchev–Trinajstić information content (AvgIpc) is 2.99. The lowest BCUT2D eigenvalue weighted by atomic mass is 10.1. The van der Waals surface area contributed by atoms with Crippen molar-refractivity contribution in [2.75, 3.05) is 32.8 Å². The molecule has 1 fully saturated rings. The van der Waals surface area contributed by atoms with E-state index in [1.165, 1.54) is 0 Å². The summed E-state index contributed by atoms with van der Waals surface area (Å²) in [5.74, 6) is -0.517. The summed E-state index contributed by atoms with van der Waals surface area (Å²) in [6.07, 6.45) is 1.35. The number of aromatic nitrogens is 1. The third-order valence-corrected chi connectivity index (χ3v) is 4.98. The van der Waals surface area contributed by atoms with Crippen LogP contribution in [0.5, 0.6) is 5.75 Å². The van der Waals surface area contributed by atoms with Gasteiger partial charge in [0.15, 0.2) is 0 Å². The third kappa shape index (κ3) is 3.97. The van der Waals surface area contributed by atoms with Crippen molar-refractivity contribution in [3.05, 3.63) is 59.4 Å². The van der Waals surface area contributed by atoms with Gasteiger partial charge in [0.05, 0.1) is 30.5 Å². The van der Waals surface area contributed by atoms with Crippen LogP contribution < -0.4 is 4.74 Å². The Bertz CT molecular complexity index is 909. The summed E-state index contributed by atoms with van der Waals surface area (Å²) < 4.78 is 11.4. The van der Waals surface area contributed by atoms with Gasteiger partial charge in [-0.1, -0.05) is 12.1 Å². The number of fused-ring (bicyclic) bond motifs is 1. The molecule has 150 valence electrons. The van der Waals surface area contributed by atoms with Gasteiger partial charge >= 0.3 is 0 Å². The number of morpholine rings is 1. The van der Waals surface area contributed by atoms with Gasteiger partial charge in [0.25, 0.3) is 11.8 Å². The van der Waals surface area contributed by atoms with Crippen molar-refractivity contribution < 1.29 is 23.9 Å². The number of carbonyl (C=O) groups is 3. The van der Waals surface area contributed by atoms with Crippen molar-refractivity contribution >= 4 is 17.7 Å². The largest absolute Gasteiger partial charge is 0.489 e. The van der Waals surface area contributed by atoms with Gasteiger partial charge < -0.3 is 14.4 Å². The molecule has 2 aliphatic heterocycles. The van der Waals surface area contributed by atoms with Crippen LogP contribution in [0.2, 0.25) is 0 Å². The molecule has 1 aromatic carbocycles. The number of amides is 3. The molecule has 2 aromatic rings. The van der Waals surface area contributed by atoms with Crippen LogP contribution in [-0.2, 0) is 9.53 Å². The summed E-state index contributed by atoms with van der Waals surface area (Å²) in [5.41, 5.74) is 1.58. The molecule has 29 heavy (non-hydrogen) atoms. The molecular formula is C21H21N3O5. The molecule has 1 saturated heterocycles. The molecule has 0 N–H and O–H groups in total. The van der Waals surface area contributed by atoms with E-state index in [-0.39, 0.29) is 25.2 Å². The minimum Gasteiger partial charge on any atom is -0.489 e. The summed E-state index contributed by atoms with van der Waals surface area (Å²) in [6.45, 7) is 3.01. The highest BCUT2D eigenvalue weighted by Gasteiger charge is 2.37. The maximum atomic E-state index is 12.7. The highest BCUT2D eigenvalue weighted by atomic mass is 16.5. The summed E-state index contributed by atoms with van der Waals surface area (Å²) in [5, 5.41) is 0. The van der Waals surface area contributed by atoms with E-state index in [0.717, 1.165) is 10.6 Å². The minimum absolute atomic E-state index is 0.276. The molecule has 0 radical (unpaired) electrons. The Morgan fingerprint density at radius 2 is 1.90 bits per heavy atom. The highest BCUT2D eigenvalue weighted by molar-refractivity contribution is 6.22. The molecule has 1 atom stereocenters. The number of nitrogens with zero attached hydrogens (tertiary/aromatic N) is 3. The normalized spacial score (nSPS) is 18.7. The van der Waals surface area contributed by atoms with Gasteiger partial charge in [-0.05, 0) is 31.2 Å². The highest BCUT2D eigenvalue weighted by Crippen LogP contribution is 2.22. The van der Waals surface area contributed by atoms with Crippen LogP contribution in [0.15, 0.2) is 42.6 Å². The van der Waals surface area contributed by atoms with E-state index in [9.17, 15) is 14.4 Å². The van der Waals surface area contributed by atoms with Crippen LogP contribution in [0, 0.1) is 6.92 Å². The fraction of sp³-hybridized carbons (Fsp3) is 0.333. The van der Waals surface area contributed by atoms with Gasteiger partial charge in [0, 0.05) is 12.2 Å². The van der Waals surface area contributed by atoms with Gasteiger partial charge in [-0.3, -0.25) is 24.3 Å². The zero-order chi connectivity index (χ0) is 20.4. The van der Waals surface area contributed by atoms with E-state index in [4.69, 9.17) is 9.47 Å². The standard InChI is InChI=1S/C21H21N3O5/c1-14-6-7-15(10-22-14)29-13-16-11-23(8-9-28-16)19(25)12-24-20(26)17-4-2-3-5-18(17)21(24)27/h2-7,10,16H,8-9,11-13H2,1H3. The number of ether oxygens (including phenoxy) is 2. The van der Waals surface area contributed by atoms with Gasteiger partial charge in [0.1, 0.15) is 25.0 Å². The first-order chi connectivity index (χ1) is 14.0. The van der Waals surface area contributed by atoms with Gasteiger partial charge in [0.2, 0.25) is 5.91 Å². The second kappa shape index (κ2) is 8.00. The molecule has 0 saturated carbocycles.